The molecule has 0 heterocycles. The highest BCUT2D eigenvalue weighted by molar-refractivity contribution is 8.00. The number of para-hydroxylation sites is 1. The molecule has 0 spiro atoms. The number of carbonyl (C=O) groups excluding carboxylic acids is 1. The lowest BCUT2D eigenvalue weighted by Crippen LogP contribution is -2.11. The Morgan fingerprint density at radius 1 is 0.806 bits per heavy atom. The predicted octanol–water partition coefficient (Wildman–Crippen LogP) is 6.11. The molecule has 4 aromatic carbocycles. The van der Waals surface area contributed by atoms with Gasteiger partial charge in [0.25, 0.3) is 0 Å². The van der Waals surface area contributed by atoms with Gasteiger partial charge in [-0.15, -0.1) is 0 Å². The first-order valence-electron chi connectivity index (χ1n) is 11.1. The first kappa shape index (κ1) is 25.5. The molecule has 0 fully saturated rings. The SMILES string of the molecule is COCCOc1ccc(Sc2ccc(-c3ccccc3C=O)cc2S(=O)(=O)Oc2ccccc2)cc1. The lowest BCUT2D eigenvalue weighted by molar-refractivity contribution is 0.112. The van der Waals surface area contributed by atoms with Crippen molar-refractivity contribution in [1.82, 2.24) is 0 Å². The molecule has 36 heavy (non-hydrogen) atoms. The van der Waals surface area contributed by atoms with Crippen molar-refractivity contribution in [2.24, 2.45) is 0 Å². The molecule has 0 saturated carbocycles. The summed E-state index contributed by atoms with van der Waals surface area (Å²) in [6.07, 6.45) is 0.753. The summed E-state index contributed by atoms with van der Waals surface area (Å²) in [5.41, 5.74) is 1.70. The second-order valence-corrected chi connectivity index (χ2v) is 10.3. The van der Waals surface area contributed by atoms with Gasteiger partial charge in [0.1, 0.15) is 23.0 Å². The number of hydrogen-bond acceptors (Lipinski definition) is 7. The molecular formula is C28H24O6S2. The summed E-state index contributed by atoms with van der Waals surface area (Å²) < 4.78 is 42.9. The highest BCUT2D eigenvalue weighted by Gasteiger charge is 2.23. The third-order valence-corrected chi connectivity index (χ3v) is 7.67. The third kappa shape index (κ3) is 6.34. The molecule has 4 aromatic rings. The molecule has 6 nitrogen and oxygen atoms in total. The number of carbonyl (C=O) groups is 1. The highest BCUT2D eigenvalue weighted by Crippen LogP contribution is 2.37. The monoisotopic (exact) mass is 520 g/mol. The van der Waals surface area contributed by atoms with Gasteiger partial charge in [-0.3, -0.25) is 4.79 Å². The van der Waals surface area contributed by atoms with E-state index < -0.39 is 10.1 Å². The summed E-state index contributed by atoms with van der Waals surface area (Å²) in [6, 6.07) is 27.8. The number of methoxy groups -OCH3 is 1. The van der Waals surface area contributed by atoms with Crippen LogP contribution >= 0.6 is 11.8 Å². The van der Waals surface area contributed by atoms with Crippen LogP contribution in [0.5, 0.6) is 11.5 Å². The fraction of sp³-hybridized carbons (Fsp3) is 0.107. The molecule has 0 amide bonds. The molecule has 0 aliphatic rings. The maximum atomic E-state index is 13.4. The van der Waals surface area contributed by atoms with Crippen molar-refractivity contribution in [3.63, 3.8) is 0 Å². The van der Waals surface area contributed by atoms with Gasteiger partial charge < -0.3 is 13.7 Å². The van der Waals surface area contributed by atoms with Gasteiger partial charge >= 0.3 is 10.1 Å². The van der Waals surface area contributed by atoms with Crippen molar-refractivity contribution in [2.45, 2.75) is 14.7 Å². The van der Waals surface area contributed by atoms with E-state index in [2.05, 4.69) is 0 Å². The summed E-state index contributed by atoms with van der Waals surface area (Å²) in [5.74, 6) is 0.905. The van der Waals surface area contributed by atoms with Crippen LogP contribution in [0.2, 0.25) is 0 Å². The Kier molecular flexibility index (Phi) is 8.43. The van der Waals surface area contributed by atoms with E-state index >= 15 is 0 Å². The summed E-state index contributed by atoms with van der Waals surface area (Å²) in [7, 11) is -2.57. The van der Waals surface area contributed by atoms with Gasteiger partial charge in [-0.05, 0) is 59.7 Å². The Morgan fingerprint density at radius 3 is 2.25 bits per heavy atom. The Hall–Kier alpha value is -3.59. The van der Waals surface area contributed by atoms with E-state index in [1.165, 1.54) is 11.8 Å². The van der Waals surface area contributed by atoms with Crippen molar-refractivity contribution >= 4 is 28.2 Å². The molecule has 0 bridgehead atoms. The number of aldehydes is 1. The van der Waals surface area contributed by atoms with Crippen molar-refractivity contribution < 1.29 is 26.9 Å². The largest absolute Gasteiger partial charge is 0.491 e. The molecule has 4 rings (SSSR count). The maximum absolute atomic E-state index is 13.4. The van der Waals surface area contributed by atoms with E-state index in [1.807, 2.05) is 24.3 Å². The second kappa shape index (κ2) is 11.9. The van der Waals surface area contributed by atoms with E-state index in [0.29, 0.717) is 40.5 Å². The van der Waals surface area contributed by atoms with Gasteiger partial charge in [0.05, 0.1) is 6.61 Å². The van der Waals surface area contributed by atoms with Gasteiger partial charge in [-0.25, -0.2) is 0 Å². The van der Waals surface area contributed by atoms with Crippen LogP contribution in [-0.2, 0) is 14.9 Å². The quantitative estimate of drug-likeness (QED) is 0.134. The van der Waals surface area contributed by atoms with Crippen LogP contribution in [0.25, 0.3) is 11.1 Å². The van der Waals surface area contributed by atoms with Crippen LogP contribution in [0.3, 0.4) is 0 Å². The van der Waals surface area contributed by atoms with E-state index in [0.717, 1.165) is 11.2 Å². The van der Waals surface area contributed by atoms with Gasteiger partial charge in [0.2, 0.25) is 0 Å². The van der Waals surface area contributed by atoms with Crippen molar-refractivity contribution in [3.05, 3.63) is 103 Å². The summed E-state index contributed by atoms with van der Waals surface area (Å²) in [6.45, 7) is 0.921. The minimum Gasteiger partial charge on any atom is -0.491 e. The number of rotatable bonds is 11. The average molecular weight is 521 g/mol. The van der Waals surface area contributed by atoms with Crippen LogP contribution in [0.4, 0.5) is 0 Å². The minimum absolute atomic E-state index is 0.00924. The zero-order chi connectivity index (χ0) is 25.4. The molecular weight excluding hydrogens is 496 g/mol. The normalized spacial score (nSPS) is 11.1. The van der Waals surface area contributed by atoms with Crippen LogP contribution in [-0.4, -0.2) is 35.0 Å². The molecule has 0 unspecified atom stereocenters. The van der Waals surface area contributed by atoms with Gasteiger partial charge in [-0.1, -0.05) is 60.3 Å². The molecule has 0 atom stereocenters. The van der Waals surface area contributed by atoms with Gasteiger partial charge in [0.15, 0.2) is 6.29 Å². The molecule has 0 N–H and O–H groups in total. The Labute approximate surface area is 215 Å². The third-order valence-electron chi connectivity index (χ3n) is 5.17. The van der Waals surface area contributed by atoms with Crippen molar-refractivity contribution in [3.8, 4) is 22.6 Å². The molecule has 0 radical (unpaired) electrons. The van der Waals surface area contributed by atoms with Crippen molar-refractivity contribution in [1.29, 1.82) is 0 Å². The van der Waals surface area contributed by atoms with Crippen LogP contribution in [0.15, 0.2) is 112 Å². The molecule has 0 aliphatic carbocycles. The van der Waals surface area contributed by atoms with Crippen LogP contribution in [0, 0.1) is 0 Å². The zero-order valence-corrected chi connectivity index (χ0v) is 21.1. The maximum Gasteiger partial charge on any atom is 0.340 e. The summed E-state index contributed by atoms with van der Waals surface area (Å²) >= 11 is 1.29. The second-order valence-electron chi connectivity index (χ2n) is 7.63. The predicted molar refractivity (Wildman–Crippen MR) is 139 cm³/mol. The average Bonchev–Trinajstić information content (AvgIpc) is 2.90. The molecule has 0 saturated heterocycles. The number of ether oxygens (including phenoxy) is 2. The molecule has 0 aliphatic heterocycles. The summed E-state index contributed by atoms with van der Waals surface area (Å²) in [5, 5.41) is 0. The lowest BCUT2D eigenvalue weighted by atomic mass is 10.0. The fourth-order valence-corrected chi connectivity index (χ4v) is 5.73. The van der Waals surface area contributed by atoms with Crippen LogP contribution in [0.1, 0.15) is 10.4 Å². The first-order chi connectivity index (χ1) is 17.5. The smallest absolute Gasteiger partial charge is 0.340 e. The Bertz CT molecular complexity index is 1420. The van der Waals surface area contributed by atoms with E-state index in [9.17, 15) is 13.2 Å². The van der Waals surface area contributed by atoms with Crippen molar-refractivity contribution in [2.75, 3.05) is 20.3 Å². The zero-order valence-electron chi connectivity index (χ0n) is 19.5. The van der Waals surface area contributed by atoms with E-state index in [-0.39, 0.29) is 10.6 Å². The van der Waals surface area contributed by atoms with Gasteiger partial charge in [0, 0.05) is 22.5 Å². The number of hydrogen-bond donors (Lipinski definition) is 0. The lowest BCUT2D eigenvalue weighted by Gasteiger charge is -2.14. The highest BCUT2D eigenvalue weighted by atomic mass is 32.2. The molecule has 184 valence electrons. The standard InChI is InChI=1S/C28H24O6S2/c1-32-17-18-33-23-12-14-25(15-13-23)35-27-16-11-21(26-10-6-5-7-22(26)20-29)19-28(27)36(30,31)34-24-8-3-2-4-9-24/h2-16,19-20H,17-18H2,1H3. The minimum atomic E-state index is -4.19. The molecule has 0 aromatic heterocycles. The van der Waals surface area contributed by atoms with Gasteiger partial charge in [-0.2, -0.15) is 8.42 Å². The molecule has 8 heteroatoms. The fourth-order valence-electron chi connectivity index (χ4n) is 3.44. The summed E-state index contributed by atoms with van der Waals surface area (Å²) in [4.78, 5) is 12.9. The van der Waals surface area contributed by atoms with E-state index in [4.69, 9.17) is 13.7 Å². The first-order valence-corrected chi connectivity index (χ1v) is 13.3. The topological polar surface area (TPSA) is 78.9 Å². The van der Waals surface area contributed by atoms with E-state index in [1.54, 1.807) is 79.9 Å². The van der Waals surface area contributed by atoms with Crippen LogP contribution < -0.4 is 8.92 Å². The Balaban J connectivity index is 1.71. The Morgan fingerprint density at radius 2 is 1.53 bits per heavy atom. The number of benzene rings is 4.